The number of halogens is 1. The Kier molecular flexibility index (Phi) is 5.76. The number of ether oxygens (including phenoxy) is 2. The van der Waals surface area contributed by atoms with Gasteiger partial charge in [-0.1, -0.05) is 29.8 Å². The van der Waals surface area contributed by atoms with Gasteiger partial charge in [0.2, 0.25) is 15.9 Å². The number of para-hydroxylation sites is 2. The monoisotopic (exact) mass is 410 g/mol. The Labute approximate surface area is 162 Å². The number of carbonyl (C=O) groups is 1. The minimum absolute atomic E-state index is 0.195. The van der Waals surface area contributed by atoms with Gasteiger partial charge in [-0.15, -0.1) is 0 Å². The summed E-state index contributed by atoms with van der Waals surface area (Å²) in [5, 5.41) is 3.07. The van der Waals surface area contributed by atoms with E-state index >= 15 is 0 Å². The van der Waals surface area contributed by atoms with Gasteiger partial charge < -0.3 is 14.8 Å². The van der Waals surface area contributed by atoms with Crippen molar-refractivity contribution in [1.29, 1.82) is 0 Å². The van der Waals surface area contributed by atoms with Gasteiger partial charge in [0.1, 0.15) is 19.3 Å². The van der Waals surface area contributed by atoms with Gasteiger partial charge in [0.25, 0.3) is 0 Å². The molecule has 3 rings (SSSR count). The lowest BCUT2D eigenvalue weighted by Crippen LogP contribution is -2.45. The van der Waals surface area contributed by atoms with Gasteiger partial charge >= 0.3 is 0 Å². The number of benzene rings is 2. The Bertz CT molecular complexity index is 935. The molecule has 1 aliphatic rings. The Morgan fingerprint density at radius 1 is 1.22 bits per heavy atom. The zero-order valence-corrected chi connectivity index (χ0v) is 16.2. The maximum absolute atomic E-state index is 12.3. The molecule has 0 fully saturated rings. The largest absolute Gasteiger partial charge is 0.486 e. The summed E-state index contributed by atoms with van der Waals surface area (Å²) in [7, 11) is -3.66. The van der Waals surface area contributed by atoms with Gasteiger partial charge in [-0.3, -0.25) is 9.10 Å². The first-order valence-corrected chi connectivity index (χ1v) is 10.4. The number of amides is 1. The third-order valence-electron chi connectivity index (χ3n) is 3.88. The third-order valence-corrected chi connectivity index (χ3v) is 5.25. The van der Waals surface area contributed by atoms with E-state index in [1.807, 2.05) is 12.1 Å². The van der Waals surface area contributed by atoms with Crippen molar-refractivity contribution in [3.05, 3.63) is 53.6 Å². The lowest BCUT2D eigenvalue weighted by Gasteiger charge is -2.27. The first kappa shape index (κ1) is 19.3. The fourth-order valence-electron chi connectivity index (χ4n) is 2.61. The van der Waals surface area contributed by atoms with Gasteiger partial charge in [-0.05, 0) is 30.3 Å². The number of hydrogen-bond acceptors (Lipinski definition) is 5. The van der Waals surface area contributed by atoms with Crippen LogP contribution in [0.25, 0.3) is 0 Å². The number of sulfonamides is 1. The van der Waals surface area contributed by atoms with Crippen LogP contribution in [0.5, 0.6) is 11.5 Å². The Morgan fingerprint density at radius 2 is 1.96 bits per heavy atom. The molecule has 0 bridgehead atoms. The molecule has 0 radical (unpaired) electrons. The van der Waals surface area contributed by atoms with Crippen LogP contribution in [-0.2, 0) is 14.8 Å². The molecule has 1 atom stereocenters. The summed E-state index contributed by atoms with van der Waals surface area (Å²) >= 11 is 5.93. The normalized spacial score (nSPS) is 15.9. The smallest absolute Gasteiger partial charge is 0.240 e. The molecule has 1 heterocycles. The Hall–Kier alpha value is -2.45. The van der Waals surface area contributed by atoms with Crippen LogP contribution in [0, 0.1) is 0 Å². The van der Waals surface area contributed by atoms with Crippen LogP contribution in [-0.4, -0.2) is 46.4 Å². The SMILES string of the molecule is CS(=O)(=O)N(CC(=O)NCC1COc2ccccc2O1)c1cccc(Cl)c1. The molecule has 144 valence electrons. The molecule has 9 heteroatoms. The fourth-order valence-corrected chi connectivity index (χ4v) is 3.64. The maximum atomic E-state index is 12.3. The number of nitrogens with one attached hydrogen (secondary N) is 1. The van der Waals surface area contributed by atoms with Crippen LogP contribution in [0.4, 0.5) is 5.69 Å². The molecule has 1 amide bonds. The predicted octanol–water partition coefficient (Wildman–Crippen LogP) is 2.06. The topological polar surface area (TPSA) is 84.9 Å². The highest BCUT2D eigenvalue weighted by molar-refractivity contribution is 7.92. The first-order chi connectivity index (χ1) is 12.8. The van der Waals surface area contributed by atoms with Crippen LogP contribution in [0.3, 0.4) is 0 Å². The highest BCUT2D eigenvalue weighted by Gasteiger charge is 2.24. The second-order valence-electron chi connectivity index (χ2n) is 6.05. The molecule has 7 nitrogen and oxygen atoms in total. The van der Waals surface area contributed by atoms with Crippen molar-refractivity contribution in [2.75, 3.05) is 30.3 Å². The number of fused-ring (bicyclic) bond motifs is 1. The summed E-state index contributed by atoms with van der Waals surface area (Å²) in [6.07, 6.45) is 0.678. The van der Waals surface area contributed by atoms with Crippen molar-refractivity contribution in [1.82, 2.24) is 5.32 Å². The second kappa shape index (κ2) is 8.06. The van der Waals surface area contributed by atoms with Gasteiger partial charge in [-0.2, -0.15) is 0 Å². The molecule has 1 N–H and O–H groups in total. The van der Waals surface area contributed by atoms with Crippen LogP contribution in [0.2, 0.25) is 5.02 Å². The van der Waals surface area contributed by atoms with Gasteiger partial charge in [0, 0.05) is 5.02 Å². The Balaban J connectivity index is 1.60. The third kappa shape index (κ3) is 5.05. The molecular weight excluding hydrogens is 392 g/mol. The molecule has 0 aliphatic carbocycles. The van der Waals surface area contributed by atoms with E-state index in [9.17, 15) is 13.2 Å². The van der Waals surface area contributed by atoms with E-state index in [1.165, 1.54) is 6.07 Å². The van der Waals surface area contributed by atoms with Gasteiger partial charge in [0.05, 0.1) is 18.5 Å². The van der Waals surface area contributed by atoms with Crippen molar-refractivity contribution in [3.63, 3.8) is 0 Å². The number of nitrogens with zero attached hydrogens (tertiary/aromatic N) is 1. The molecule has 0 saturated heterocycles. The quantitative estimate of drug-likeness (QED) is 0.787. The number of carbonyl (C=O) groups excluding carboxylic acids is 1. The second-order valence-corrected chi connectivity index (χ2v) is 8.39. The van der Waals surface area contributed by atoms with Crippen LogP contribution < -0.4 is 19.1 Å². The van der Waals surface area contributed by atoms with Crippen molar-refractivity contribution in [2.24, 2.45) is 0 Å². The average molecular weight is 411 g/mol. The van der Waals surface area contributed by atoms with Gasteiger partial charge in [-0.25, -0.2) is 8.42 Å². The summed E-state index contributed by atoms with van der Waals surface area (Å²) in [5.74, 6) is 0.812. The highest BCUT2D eigenvalue weighted by atomic mass is 35.5. The predicted molar refractivity (Wildman–Crippen MR) is 103 cm³/mol. The summed E-state index contributed by atoms with van der Waals surface area (Å²) in [6, 6.07) is 13.6. The minimum Gasteiger partial charge on any atom is -0.486 e. The summed E-state index contributed by atoms with van der Waals surface area (Å²) in [4.78, 5) is 12.3. The van der Waals surface area contributed by atoms with E-state index in [0.717, 1.165) is 10.6 Å². The fraction of sp³-hybridized carbons (Fsp3) is 0.278. The molecule has 1 unspecified atom stereocenters. The van der Waals surface area contributed by atoms with E-state index in [2.05, 4.69) is 5.32 Å². The molecule has 0 spiro atoms. The van der Waals surface area contributed by atoms with Crippen molar-refractivity contribution < 1.29 is 22.7 Å². The summed E-state index contributed by atoms with van der Waals surface area (Å²) in [5.41, 5.74) is 0.325. The zero-order valence-electron chi connectivity index (χ0n) is 14.6. The molecule has 2 aromatic rings. The standard InChI is InChI=1S/C18H19ClN2O5S/c1-27(23,24)21(14-6-4-5-13(19)9-14)11-18(22)20-10-15-12-25-16-7-2-3-8-17(16)26-15/h2-9,15H,10-12H2,1H3,(H,20,22). The van der Waals surface area contributed by atoms with Crippen LogP contribution in [0.1, 0.15) is 0 Å². The van der Waals surface area contributed by atoms with Crippen molar-refractivity contribution in [3.8, 4) is 11.5 Å². The molecular formula is C18H19ClN2O5S. The van der Waals surface area contributed by atoms with Gasteiger partial charge in [0.15, 0.2) is 11.5 Å². The average Bonchev–Trinajstić information content (AvgIpc) is 2.63. The summed E-state index contributed by atoms with van der Waals surface area (Å²) < 4.78 is 36.5. The zero-order chi connectivity index (χ0) is 19.4. The number of hydrogen-bond donors (Lipinski definition) is 1. The molecule has 0 aromatic heterocycles. The van der Waals surface area contributed by atoms with Crippen molar-refractivity contribution in [2.45, 2.75) is 6.10 Å². The molecule has 27 heavy (non-hydrogen) atoms. The van der Waals surface area contributed by atoms with Crippen molar-refractivity contribution >= 4 is 33.2 Å². The van der Waals surface area contributed by atoms with Crippen LogP contribution in [0.15, 0.2) is 48.5 Å². The van der Waals surface area contributed by atoms with E-state index in [1.54, 1.807) is 30.3 Å². The number of rotatable bonds is 6. The molecule has 1 aliphatic heterocycles. The molecule has 2 aromatic carbocycles. The minimum atomic E-state index is -3.66. The number of anilines is 1. The van der Waals surface area contributed by atoms with E-state index in [0.29, 0.717) is 28.8 Å². The first-order valence-electron chi connectivity index (χ1n) is 8.21. The highest BCUT2D eigenvalue weighted by Crippen LogP contribution is 2.30. The van der Waals surface area contributed by atoms with E-state index in [-0.39, 0.29) is 19.2 Å². The maximum Gasteiger partial charge on any atom is 0.240 e. The lowest BCUT2D eigenvalue weighted by molar-refractivity contribution is -0.120. The lowest BCUT2D eigenvalue weighted by atomic mass is 10.2. The van der Waals surface area contributed by atoms with E-state index < -0.39 is 15.9 Å². The Morgan fingerprint density at radius 3 is 2.67 bits per heavy atom. The molecule has 0 saturated carbocycles. The summed E-state index contributed by atoms with van der Waals surface area (Å²) in [6.45, 7) is 0.130. The van der Waals surface area contributed by atoms with E-state index in [4.69, 9.17) is 21.1 Å². The van der Waals surface area contributed by atoms with Crippen LogP contribution >= 0.6 is 11.6 Å².